The van der Waals surface area contributed by atoms with Gasteiger partial charge in [-0.05, 0) is 34.6 Å². The summed E-state index contributed by atoms with van der Waals surface area (Å²) in [5.74, 6) is -0.207. The fourth-order valence-electron chi connectivity index (χ4n) is 1.25. The summed E-state index contributed by atoms with van der Waals surface area (Å²) in [6, 6.07) is 0. The number of hydrogen-bond acceptors (Lipinski definition) is 4. The molecule has 1 aromatic heterocycles. The van der Waals surface area contributed by atoms with E-state index < -0.39 is 23.1 Å². The minimum absolute atomic E-state index is 0.315. The van der Waals surface area contributed by atoms with Crippen LogP contribution >= 0.6 is 0 Å². The number of nitrogens with zero attached hydrogens (tertiary/aromatic N) is 2. The predicted molar refractivity (Wildman–Crippen MR) is 64.4 cm³/mol. The maximum absolute atomic E-state index is 12.7. The average Bonchev–Trinajstić information content (AvgIpc) is 2.13. The van der Waals surface area contributed by atoms with Crippen LogP contribution in [0.5, 0.6) is 0 Å². The molecule has 0 bridgehead atoms. The van der Waals surface area contributed by atoms with E-state index in [1.165, 1.54) is 0 Å². The highest BCUT2D eigenvalue weighted by Crippen LogP contribution is 2.16. The Kier molecular flexibility index (Phi) is 3.88. The molecule has 0 saturated heterocycles. The molecule has 0 aromatic carbocycles. The summed E-state index contributed by atoms with van der Waals surface area (Å²) in [4.78, 5) is 19.3. The van der Waals surface area contributed by atoms with Gasteiger partial charge in [-0.3, -0.25) is 0 Å². The van der Waals surface area contributed by atoms with Gasteiger partial charge >= 0.3 is 6.09 Å². The van der Waals surface area contributed by atoms with Crippen LogP contribution < -0.4 is 5.32 Å². The molecule has 18 heavy (non-hydrogen) atoms. The van der Waals surface area contributed by atoms with Crippen LogP contribution in [0.4, 0.5) is 9.18 Å². The first-order valence-electron chi connectivity index (χ1n) is 5.59. The molecule has 1 rings (SSSR count). The smallest absolute Gasteiger partial charge is 0.408 e. The molecule has 0 radical (unpaired) electrons. The summed E-state index contributed by atoms with van der Waals surface area (Å²) < 4.78 is 17.9. The Morgan fingerprint density at radius 1 is 1.22 bits per heavy atom. The molecule has 0 atom stereocenters. The Morgan fingerprint density at radius 2 is 1.72 bits per heavy atom. The van der Waals surface area contributed by atoms with Gasteiger partial charge < -0.3 is 10.1 Å². The van der Waals surface area contributed by atoms with E-state index in [1.54, 1.807) is 34.6 Å². The molecule has 1 N–H and O–H groups in total. The first kappa shape index (κ1) is 14.3. The van der Waals surface area contributed by atoms with Gasteiger partial charge in [0.1, 0.15) is 5.60 Å². The average molecular weight is 255 g/mol. The van der Waals surface area contributed by atoms with Crippen LogP contribution in [0.3, 0.4) is 0 Å². The number of hydrogen-bond donors (Lipinski definition) is 1. The molecule has 6 heteroatoms. The Hall–Kier alpha value is -1.72. The molecular weight excluding hydrogens is 237 g/mol. The quantitative estimate of drug-likeness (QED) is 0.881. The van der Waals surface area contributed by atoms with Gasteiger partial charge in [0.25, 0.3) is 0 Å². The zero-order chi connectivity index (χ0) is 14.0. The van der Waals surface area contributed by atoms with Gasteiger partial charge in [-0.15, -0.1) is 0 Å². The van der Waals surface area contributed by atoms with Crippen molar-refractivity contribution in [1.82, 2.24) is 15.3 Å². The molecule has 0 unspecified atom stereocenters. The molecule has 5 nitrogen and oxygen atoms in total. The molecule has 0 aliphatic rings. The first-order valence-corrected chi connectivity index (χ1v) is 5.59. The number of aromatic nitrogens is 2. The van der Waals surface area contributed by atoms with E-state index in [-0.39, 0.29) is 0 Å². The van der Waals surface area contributed by atoms with Crippen LogP contribution in [0.15, 0.2) is 12.4 Å². The molecule has 0 spiro atoms. The molecule has 1 aromatic rings. The first-order chi connectivity index (χ1) is 8.10. The molecule has 0 fully saturated rings. The number of rotatable bonds is 2. The Morgan fingerprint density at radius 3 is 2.17 bits per heavy atom. The zero-order valence-electron chi connectivity index (χ0n) is 11.2. The standard InChI is InChI=1S/C12H18FN3O2/c1-11(2,3)18-10(17)16-12(4,5)9-14-6-8(13)7-15-9/h6-7H,1-5H3,(H,16,17). The number of carbonyl (C=O) groups excluding carboxylic acids is 1. The van der Waals surface area contributed by atoms with Crippen LogP contribution in [-0.2, 0) is 10.3 Å². The number of halogens is 1. The number of alkyl carbamates (subject to hydrolysis) is 1. The molecule has 1 heterocycles. The highest BCUT2D eigenvalue weighted by atomic mass is 19.1. The summed E-state index contributed by atoms with van der Waals surface area (Å²) >= 11 is 0. The topological polar surface area (TPSA) is 64.1 Å². The lowest BCUT2D eigenvalue weighted by molar-refractivity contribution is 0.0466. The van der Waals surface area contributed by atoms with Crippen LogP contribution in [0.25, 0.3) is 0 Å². The van der Waals surface area contributed by atoms with Crippen molar-refractivity contribution < 1.29 is 13.9 Å². The maximum atomic E-state index is 12.7. The number of ether oxygens (including phenoxy) is 1. The van der Waals surface area contributed by atoms with Crippen LogP contribution in [0.2, 0.25) is 0 Å². The van der Waals surface area contributed by atoms with Gasteiger partial charge in [0.15, 0.2) is 11.6 Å². The molecule has 100 valence electrons. The number of nitrogens with one attached hydrogen (secondary N) is 1. The Labute approximate surface area is 106 Å². The van der Waals surface area contributed by atoms with E-state index in [1.807, 2.05) is 0 Å². The van der Waals surface area contributed by atoms with Crippen molar-refractivity contribution in [2.24, 2.45) is 0 Å². The molecule has 0 saturated carbocycles. The number of amides is 1. The number of carbonyl (C=O) groups is 1. The van der Waals surface area contributed by atoms with E-state index in [0.29, 0.717) is 5.82 Å². The highest BCUT2D eigenvalue weighted by molar-refractivity contribution is 5.68. The predicted octanol–water partition coefficient (Wildman–Crippen LogP) is 2.38. The van der Waals surface area contributed by atoms with Crippen molar-refractivity contribution in [1.29, 1.82) is 0 Å². The molecule has 0 aliphatic heterocycles. The normalized spacial score (nSPS) is 12.1. The Bertz CT molecular complexity index is 424. The van der Waals surface area contributed by atoms with Crippen molar-refractivity contribution >= 4 is 6.09 Å². The lowest BCUT2D eigenvalue weighted by Gasteiger charge is -2.27. The largest absolute Gasteiger partial charge is 0.444 e. The van der Waals surface area contributed by atoms with E-state index >= 15 is 0 Å². The van der Waals surface area contributed by atoms with Gasteiger partial charge in [0.2, 0.25) is 0 Å². The molecular formula is C12H18FN3O2. The van der Waals surface area contributed by atoms with Crippen LogP contribution in [0.1, 0.15) is 40.4 Å². The SMILES string of the molecule is CC(C)(C)OC(=O)NC(C)(C)c1ncc(F)cn1. The summed E-state index contributed by atoms with van der Waals surface area (Å²) in [5, 5.41) is 2.64. The second kappa shape index (κ2) is 4.88. The highest BCUT2D eigenvalue weighted by Gasteiger charge is 2.28. The van der Waals surface area contributed by atoms with Crippen molar-refractivity contribution in [3.8, 4) is 0 Å². The third-order valence-corrected chi connectivity index (χ3v) is 1.99. The second-order valence-corrected chi connectivity index (χ2v) is 5.48. The van der Waals surface area contributed by atoms with Crippen molar-refractivity contribution in [3.63, 3.8) is 0 Å². The van der Waals surface area contributed by atoms with Gasteiger partial charge in [-0.25, -0.2) is 19.2 Å². The van der Waals surface area contributed by atoms with Crippen LogP contribution in [0, 0.1) is 5.82 Å². The second-order valence-electron chi connectivity index (χ2n) is 5.48. The third kappa shape index (κ3) is 4.27. The molecule has 1 amide bonds. The van der Waals surface area contributed by atoms with E-state index in [4.69, 9.17) is 4.74 Å². The van der Waals surface area contributed by atoms with E-state index in [2.05, 4.69) is 15.3 Å². The van der Waals surface area contributed by atoms with Crippen LogP contribution in [-0.4, -0.2) is 21.7 Å². The minimum atomic E-state index is -0.837. The Balaban J connectivity index is 2.75. The summed E-state index contributed by atoms with van der Waals surface area (Å²) in [5.41, 5.74) is -1.42. The summed E-state index contributed by atoms with van der Waals surface area (Å²) in [6.45, 7) is 8.74. The van der Waals surface area contributed by atoms with Crippen molar-refractivity contribution in [2.45, 2.75) is 45.8 Å². The maximum Gasteiger partial charge on any atom is 0.408 e. The lowest BCUT2D eigenvalue weighted by atomic mass is 10.1. The van der Waals surface area contributed by atoms with E-state index in [9.17, 15) is 9.18 Å². The van der Waals surface area contributed by atoms with Gasteiger partial charge in [-0.1, -0.05) is 0 Å². The van der Waals surface area contributed by atoms with Gasteiger partial charge in [0.05, 0.1) is 17.9 Å². The monoisotopic (exact) mass is 255 g/mol. The van der Waals surface area contributed by atoms with Gasteiger partial charge in [0, 0.05) is 0 Å². The third-order valence-electron chi connectivity index (χ3n) is 1.99. The lowest BCUT2D eigenvalue weighted by Crippen LogP contribution is -2.44. The van der Waals surface area contributed by atoms with Crippen molar-refractivity contribution in [3.05, 3.63) is 24.0 Å². The summed E-state index contributed by atoms with van der Waals surface area (Å²) in [6.07, 6.45) is 1.54. The fourth-order valence-corrected chi connectivity index (χ4v) is 1.25. The zero-order valence-corrected chi connectivity index (χ0v) is 11.2. The fraction of sp³-hybridized carbons (Fsp3) is 0.583. The van der Waals surface area contributed by atoms with Crippen molar-refractivity contribution in [2.75, 3.05) is 0 Å². The summed E-state index contributed by atoms with van der Waals surface area (Å²) in [7, 11) is 0. The minimum Gasteiger partial charge on any atom is -0.444 e. The van der Waals surface area contributed by atoms with E-state index in [0.717, 1.165) is 12.4 Å². The molecule has 0 aliphatic carbocycles. The van der Waals surface area contributed by atoms with Gasteiger partial charge in [-0.2, -0.15) is 0 Å².